The molecule has 1 N–H and O–H groups in total. The fraction of sp³-hybridized carbons (Fsp3) is 0.0625. The summed E-state index contributed by atoms with van der Waals surface area (Å²) in [5, 5.41) is 13.8. The fourth-order valence-corrected chi connectivity index (χ4v) is 4.40. The Balaban J connectivity index is 1.54. The molecule has 0 aliphatic rings. The van der Waals surface area contributed by atoms with E-state index >= 15 is 0 Å². The molecular weight excluding hydrogens is 360 g/mol. The SMILES string of the molecule is Cn1nc(-c2cccs2)cc1C(=O)Nc1nc(-c2cccs2)cs1. The molecule has 4 heterocycles. The van der Waals surface area contributed by atoms with Crippen LogP contribution < -0.4 is 5.32 Å². The molecule has 0 saturated heterocycles. The van der Waals surface area contributed by atoms with E-state index in [1.165, 1.54) is 11.3 Å². The summed E-state index contributed by atoms with van der Waals surface area (Å²) in [6, 6.07) is 9.76. The van der Waals surface area contributed by atoms with E-state index < -0.39 is 0 Å². The molecule has 4 aromatic rings. The average molecular weight is 372 g/mol. The van der Waals surface area contributed by atoms with Gasteiger partial charge in [0.15, 0.2) is 5.13 Å². The van der Waals surface area contributed by atoms with Gasteiger partial charge in [-0.3, -0.25) is 14.8 Å². The lowest BCUT2D eigenvalue weighted by Crippen LogP contribution is -2.15. The van der Waals surface area contributed by atoms with Gasteiger partial charge in [-0.15, -0.1) is 34.0 Å². The van der Waals surface area contributed by atoms with Gasteiger partial charge in [-0.2, -0.15) is 5.10 Å². The summed E-state index contributed by atoms with van der Waals surface area (Å²) in [5.74, 6) is -0.208. The van der Waals surface area contributed by atoms with Gasteiger partial charge in [-0.1, -0.05) is 12.1 Å². The number of carbonyl (C=O) groups excluding carboxylic acids is 1. The van der Waals surface area contributed by atoms with Crippen molar-refractivity contribution in [2.45, 2.75) is 0 Å². The van der Waals surface area contributed by atoms with E-state index in [2.05, 4.69) is 15.4 Å². The standard InChI is InChI=1S/C16H12N4OS3/c1-20-12(8-10(19-20)13-4-2-6-22-13)15(21)18-16-17-11(9-24-16)14-5-3-7-23-14/h2-9H,1H3,(H,17,18,21). The first-order valence-electron chi connectivity index (χ1n) is 7.09. The van der Waals surface area contributed by atoms with Crippen LogP contribution in [0.1, 0.15) is 10.5 Å². The van der Waals surface area contributed by atoms with Crippen molar-refractivity contribution in [1.29, 1.82) is 0 Å². The highest BCUT2D eigenvalue weighted by Gasteiger charge is 2.16. The summed E-state index contributed by atoms with van der Waals surface area (Å²) in [7, 11) is 1.77. The molecule has 0 aromatic carbocycles. The molecule has 120 valence electrons. The molecule has 8 heteroatoms. The van der Waals surface area contributed by atoms with E-state index in [0.717, 1.165) is 21.1 Å². The highest BCUT2D eigenvalue weighted by molar-refractivity contribution is 7.16. The second kappa shape index (κ2) is 6.31. The number of thiophene rings is 2. The van der Waals surface area contributed by atoms with Crippen molar-refractivity contribution in [1.82, 2.24) is 14.8 Å². The maximum atomic E-state index is 12.5. The number of hydrogen-bond acceptors (Lipinski definition) is 6. The molecule has 4 rings (SSSR count). The monoisotopic (exact) mass is 372 g/mol. The van der Waals surface area contributed by atoms with Crippen LogP contribution in [-0.2, 0) is 7.05 Å². The van der Waals surface area contributed by atoms with E-state index in [1.807, 2.05) is 40.4 Å². The number of thiazole rings is 1. The lowest BCUT2D eigenvalue weighted by molar-refractivity contribution is 0.101. The highest BCUT2D eigenvalue weighted by atomic mass is 32.1. The number of amides is 1. The molecule has 0 radical (unpaired) electrons. The molecule has 0 atom stereocenters. The Morgan fingerprint density at radius 1 is 1.08 bits per heavy atom. The van der Waals surface area contributed by atoms with Crippen molar-refractivity contribution >= 4 is 45.0 Å². The number of aromatic nitrogens is 3. The summed E-state index contributed by atoms with van der Waals surface area (Å²) in [5.41, 5.74) is 2.19. The van der Waals surface area contributed by atoms with Crippen LogP contribution in [0.15, 0.2) is 46.5 Å². The van der Waals surface area contributed by atoms with Crippen molar-refractivity contribution in [3.05, 3.63) is 52.2 Å². The topological polar surface area (TPSA) is 59.8 Å². The lowest BCUT2D eigenvalue weighted by Gasteiger charge is -2.01. The zero-order chi connectivity index (χ0) is 16.5. The minimum Gasteiger partial charge on any atom is -0.296 e. The first-order valence-corrected chi connectivity index (χ1v) is 9.73. The van der Waals surface area contributed by atoms with Crippen molar-refractivity contribution < 1.29 is 4.79 Å². The van der Waals surface area contributed by atoms with Crippen molar-refractivity contribution in [2.75, 3.05) is 5.32 Å². The molecule has 1 amide bonds. The van der Waals surface area contributed by atoms with E-state index in [-0.39, 0.29) is 5.91 Å². The van der Waals surface area contributed by atoms with Crippen molar-refractivity contribution in [2.24, 2.45) is 7.05 Å². The summed E-state index contributed by atoms with van der Waals surface area (Å²) >= 11 is 4.64. The van der Waals surface area contributed by atoms with Crippen LogP contribution in [-0.4, -0.2) is 20.7 Å². The molecule has 0 bridgehead atoms. The van der Waals surface area contributed by atoms with Gasteiger partial charge in [-0.05, 0) is 29.0 Å². The van der Waals surface area contributed by atoms with Gasteiger partial charge in [0.1, 0.15) is 11.4 Å². The number of anilines is 1. The number of rotatable bonds is 4. The second-order valence-corrected chi connectivity index (χ2v) is 7.74. The maximum absolute atomic E-state index is 12.5. The molecule has 0 unspecified atom stereocenters. The van der Waals surface area contributed by atoms with Gasteiger partial charge in [0.05, 0.1) is 15.4 Å². The molecular formula is C16H12N4OS3. The molecule has 0 aliphatic carbocycles. The Hall–Kier alpha value is -2.29. The van der Waals surface area contributed by atoms with Crippen LogP contribution in [0.4, 0.5) is 5.13 Å². The molecule has 24 heavy (non-hydrogen) atoms. The largest absolute Gasteiger partial charge is 0.296 e. The zero-order valence-corrected chi connectivity index (χ0v) is 15.0. The van der Waals surface area contributed by atoms with Gasteiger partial charge in [-0.25, -0.2) is 4.98 Å². The summed E-state index contributed by atoms with van der Waals surface area (Å²) in [6.07, 6.45) is 0. The molecule has 0 fully saturated rings. The van der Waals surface area contributed by atoms with E-state index in [9.17, 15) is 4.79 Å². The number of aryl methyl sites for hydroxylation is 1. The Bertz CT molecular complexity index is 967. The predicted octanol–water partition coefficient (Wildman–Crippen LogP) is 4.59. The summed E-state index contributed by atoms with van der Waals surface area (Å²) in [4.78, 5) is 19.1. The fourth-order valence-electron chi connectivity index (χ4n) is 2.25. The number of hydrogen-bond donors (Lipinski definition) is 1. The number of nitrogens with zero attached hydrogens (tertiary/aromatic N) is 3. The molecule has 4 aromatic heterocycles. The average Bonchev–Trinajstić information content (AvgIpc) is 3.34. The molecule has 0 spiro atoms. The summed E-state index contributed by atoms with van der Waals surface area (Å²) in [6.45, 7) is 0. The van der Waals surface area contributed by atoms with Crippen LogP contribution in [0.5, 0.6) is 0 Å². The molecule has 0 saturated carbocycles. The van der Waals surface area contributed by atoms with Gasteiger partial charge in [0.2, 0.25) is 0 Å². The first-order chi connectivity index (χ1) is 11.7. The van der Waals surface area contributed by atoms with Gasteiger partial charge in [0.25, 0.3) is 5.91 Å². The van der Waals surface area contributed by atoms with Gasteiger partial charge < -0.3 is 0 Å². The summed E-state index contributed by atoms with van der Waals surface area (Å²) < 4.78 is 1.60. The third-order valence-electron chi connectivity index (χ3n) is 3.38. The molecule has 5 nitrogen and oxygen atoms in total. The second-order valence-electron chi connectivity index (χ2n) is 4.99. The third-order valence-corrected chi connectivity index (χ3v) is 5.93. The lowest BCUT2D eigenvalue weighted by atomic mass is 10.3. The van der Waals surface area contributed by atoms with E-state index in [4.69, 9.17) is 0 Å². The van der Waals surface area contributed by atoms with Crippen LogP contribution >= 0.6 is 34.0 Å². The zero-order valence-electron chi connectivity index (χ0n) is 12.6. The Kier molecular flexibility index (Phi) is 4.01. The third kappa shape index (κ3) is 2.91. The Morgan fingerprint density at radius 2 is 1.79 bits per heavy atom. The Labute approximate surface area is 150 Å². The molecule has 0 aliphatic heterocycles. The van der Waals surface area contributed by atoms with Crippen LogP contribution in [0.25, 0.3) is 21.1 Å². The maximum Gasteiger partial charge on any atom is 0.275 e. The predicted molar refractivity (Wildman–Crippen MR) is 99.9 cm³/mol. The number of nitrogens with one attached hydrogen (secondary N) is 1. The van der Waals surface area contributed by atoms with Crippen LogP contribution in [0, 0.1) is 0 Å². The van der Waals surface area contributed by atoms with E-state index in [0.29, 0.717) is 10.8 Å². The normalized spacial score (nSPS) is 10.9. The van der Waals surface area contributed by atoms with Gasteiger partial charge in [0, 0.05) is 12.4 Å². The highest BCUT2D eigenvalue weighted by Crippen LogP contribution is 2.29. The Morgan fingerprint density at radius 3 is 2.46 bits per heavy atom. The first kappa shape index (κ1) is 15.3. The smallest absolute Gasteiger partial charge is 0.275 e. The minimum atomic E-state index is -0.208. The van der Waals surface area contributed by atoms with Crippen molar-refractivity contribution in [3.63, 3.8) is 0 Å². The quantitative estimate of drug-likeness (QED) is 0.570. The van der Waals surface area contributed by atoms with Gasteiger partial charge >= 0.3 is 0 Å². The van der Waals surface area contributed by atoms with E-state index in [1.54, 1.807) is 40.5 Å². The van der Waals surface area contributed by atoms with Crippen molar-refractivity contribution in [3.8, 4) is 21.1 Å². The number of carbonyl (C=O) groups is 1. The van der Waals surface area contributed by atoms with Crippen LogP contribution in [0.3, 0.4) is 0 Å². The minimum absolute atomic E-state index is 0.208. The van der Waals surface area contributed by atoms with Crippen LogP contribution in [0.2, 0.25) is 0 Å².